The zero-order chi connectivity index (χ0) is 14.0. The number of aromatic hydroxyl groups is 1. The molecule has 1 aliphatic carbocycles. The summed E-state index contributed by atoms with van der Waals surface area (Å²) >= 11 is 6.00. The number of carbonyl (C=O) groups excluding carboxylic acids is 1. The molecule has 1 aliphatic rings. The molecule has 0 saturated heterocycles. The highest BCUT2D eigenvalue weighted by Crippen LogP contribution is 2.34. The summed E-state index contributed by atoms with van der Waals surface area (Å²) in [5.74, 6) is 1.03. The topological polar surface area (TPSA) is 49.3 Å². The maximum atomic E-state index is 12.2. The monoisotopic (exact) mass is 281 g/mol. The molecule has 1 fully saturated rings. The number of hydrogen-bond donors (Lipinski definition) is 2. The van der Waals surface area contributed by atoms with Crippen molar-refractivity contribution in [3.8, 4) is 5.75 Å². The average Bonchev–Trinajstić information content (AvgIpc) is 2.73. The first kappa shape index (κ1) is 14.2. The fraction of sp³-hybridized carbons (Fsp3) is 0.533. The van der Waals surface area contributed by atoms with Crippen molar-refractivity contribution in [2.24, 2.45) is 11.8 Å². The van der Waals surface area contributed by atoms with Gasteiger partial charge in [0.15, 0.2) is 0 Å². The Morgan fingerprint density at radius 1 is 1.47 bits per heavy atom. The highest BCUT2D eigenvalue weighted by Gasteiger charge is 2.32. The largest absolute Gasteiger partial charge is 0.508 e. The lowest BCUT2D eigenvalue weighted by Crippen LogP contribution is -2.37. The molecule has 0 aromatic heterocycles. The van der Waals surface area contributed by atoms with Crippen molar-refractivity contribution in [1.29, 1.82) is 0 Å². The number of benzene rings is 1. The summed E-state index contributed by atoms with van der Waals surface area (Å²) in [6.45, 7) is 4.38. The van der Waals surface area contributed by atoms with Crippen LogP contribution in [0, 0.1) is 11.8 Å². The van der Waals surface area contributed by atoms with E-state index < -0.39 is 0 Å². The average molecular weight is 282 g/mol. The molecule has 3 nitrogen and oxygen atoms in total. The summed E-state index contributed by atoms with van der Waals surface area (Å²) < 4.78 is 0. The molecule has 0 spiro atoms. The second kappa shape index (κ2) is 5.83. The van der Waals surface area contributed by atoms with E-state index in [4.69, 9.17) is 11.6 Å². The lowest BCUT2D eigenvalue weighted by atomic mass is 9.93. The van der Waals surface area contributed by atoms with Crippen LogP contribution in [0.1, 0.15) is 43.5 Å². The number of phenolic OH excluding ortho intramolecular Hbond substituents is 1. The third-order valence-corrected chi connectivity index (χ3v) is 4.59. The Balaban J connectivity index is 2.07. The van der Waals surface area contributed by atoms with Crippen LogP contribution in [0.3, 0.4) is 0 Å². The summed E-state index contributed by atoms with van der Waals surface area (Å²) in [4.78, 5) is 12.2. The van der Waals surface area contributed by atoms with E-state index in [0.717, 1.165) is 19.3 Å². The van der Waals surface area contributed by atoms with Gasteiger partial charge in [0, 0.05) is 6.04 Å². The first-order chi connectivity index (χ1) is 9.02. The molecule has 4 heteroatoms. The van der Waals surface area contributed by atoms with E-state index in [9.17, 15) is 9.90 Å². The molecule has 0 bridgehead atoms. The fourth-order valence-electron chi connectivity index (χ4n) is 2.96. The van der Waals surface area contributed by atoms with Gasteiger partial charge in [-0.05, 0) is 42.9 Å². The Kier molecular flexibility index (Phi) is 4.35. The number of hydrogen-bond acceptors (Lipinski definition) is 2. The quantitative estimate of drug-likeness (QED) is 0.889. The Morgan fingerprint density at radius 3 is 2.84 bits per heavy atom. The van der Waals surface area contributed by atoms with Gasteiger partial charge in [0.2, 0.25) is 0 Å². The molecule has 3 atom stereocenters. The Labute approximate surface area is 119 Å². The third kappa shape index (κ3) is 3.03. The predicted octanol–water partition coefficient (Wildman–Crippen LogP) is 3.60. The molecular formula is C15H20ClNO2. The number of rotatable bonds is 3. The molecular weight excluding hydrogens is 262 g/mol. The predicted molar refractivity (Wildman–Crippen MR) is 76.6 cm³/mol. The van der Waals surface area contributed by atoms with E-state index in [2.05, 4.69) is 19.2 Å². The first-order valence-electron chi connectivity index (χ1n) is 6.82. The van der Waals surface area contributed by atoms with E-state index in [1.54, 1.807) is 6.07 Å². The third-order valence-electron chi connectivity index (χ3n) is 4.26. The molecule has 0 radical (unpaired) electrons. The van der Waals surface area contributed by atoms with Gasteiger partial charge in [-0.2, -0.15) is 0 Å². The van der Waals surface area contributed by atoms with Crippen molar-refractivity contribution in [2.75, 3.05) is 0 Å². The van der Waals surface area contributed by atoms with Crippen LogP contribution in [0.2, 0.25) is 5.02 Å². The molecule has 2 N–H and O–H groups in total. The summed E-state index contributed by atoms with van der Waals surface area (Å²) in [6.07, 6.45) is 3.33. The molecule has 19 heavy (non-hydrogen) atoms. The van der Waals surface area contributed by atoms with Crippen LogP contribution in [-0.4, -0.2) is 17.1 Å². The molecule has 0 heterocycles. The number of amides is 1. The molecule has 1 aromatic rings. The number of phenols is 1. The van der Waals surface area contributed by atoms with Crippen molar-refractivity contribution in [1.82, 2.24) is 5.32 Å². The molecule has 3 unspecified atom stereocenters. The molecule has 1 aromatic carbocycles. The second-order valence-corrected chi connectivity index (χ2v) is 5.76. The fourth-order valence-corrected chi connectivity index (χ4v) is 3.16. The van der Waals surface area contributed by atoms with Gasteiger partial charge in [0.05, 0.1) is 10.6 Å². The van der Waals surface area contributed by atoms with Gasteiger partial charge in [-0.25, -0.2) is 0 Å². The Bertz CT molecular complexity index is 475. The standard InChI is InChI=1S/C15H20ClNO2/c1-3-10-4-7-14(9(10)2)17-15(19)12-8-11(18)5-6-13(12)16/h5-6,8-10,14,18H,3-4,7H2,1-2H3,(H,17,19). The van der Waals surface area contributed by atoms with E-state index >= 15 is 0 Å². The van der Waals surface area contributed by atoms with Gasteiger partial charge in [-0.3, -0.25) is 4.79 Å². The van der Waals surface area contributed by atoms with Crippen LogP contribution in [0.4, 0.5) is 0 Å². The van der Waals surface area contributed by atoms with Gasteiger partial charge in [0.25, 0.3) is 5.91 Å². The lowest BCUT2D eigenvalue weighted by Gasteiger charge is -2.21. The van der Waals surface area contributed by atoms with Crippen LogP contribution in [0.5, 0.6) is 5.75 Å². The van der Waals surface area contributed by atoms with Crippen LogP contribution >= 0.6 is 11.6 Å². The zero-order valence-corrected chi connectivity index (χ0v) is 12.1. The van der Waals surface area contributed by atoms with Gasteiger partial charge in [0.1, 0.15) is 5.75 Å². The number of halogens is 1. The molecule has 104 valence electrons. The lowest BCUT2D eigenvalue weighted by molar-refractivity contribution is 0.0926. The van der Waals surface area contributed by atoms with Crippen LogP contribution in [0.25, 0.3) is 0 Å². The molecule has 2 rings (SSSR count). The van der Waals surface area contributed by atoms with Crippen molar-refractivity contribution in [2.45, 2.75) is 39.2 Å². The number of carbonyl (C=O) groups is 1. The minimum Gasteiger partial charge on any atom is -0.508 e. The number of nitrogens with one attached hydrogen (secondary N) is 1. The maximum absolute atomic E-state index is 12.2. The minimum atomic E-state index is -0.200. The van der Waals surface area contributed by atoms with Crippen molar-refractivity contribution < 1.29 is 9.90 Å². The summed E-state index contributed by atoms with van der Waals surface area (Å²) in [5.41, 5.74) is 0.341. The molecule has 1 amide bonds. The van der Waals surface area contributed by atoms with Gasteiger partial charge >= 0.3 is 0 Å². The highest BCUT2D eigenvalue weighted by molar-refractivity contribution is 6.33. The highest BCUT2D eigenvalue weighted by atomic mass is 35.5. The van der Waals surface area contributed by atoms with E-state index in [0.29, 0.717) is 22.4 Å². The summed E-state index contributed by atoms with van der Waals surface area (Å²) in [6, 6.07) is 4.63. The van der Waals surface area contributed by atoms with E-state index in [-0.39, 0.29) is 17.7 Å². The molecule has 1 saturated carbocycles. The molecule has 0 aliphatic heterocycles. The van der Waals surface area contributed by atoms with Crippen LogP contribution in [0.15, 0.2) is 18.2 Å². The van der Waals surface area contributed by atoms with Crippen LogP contribution < -0.4 is 5.32 Å². The van der Waals surface area contributed by atoms with E-state index in [1.165, 1.54) is 12.1 Å². The van der Waals surface area contributed by atoms with Crippen LogP contribution in [-0.2, 0) is 0 Å². The SMILES string of the molecule is CCC1CCC(NC(=O)c2cc(O)ccc2Cl)C1C. The van der Waals surface area contributed by atoms with Gasteiger partial charge in [-0.15, -0.1) is 0 Å². The van der Waals surface area contributed by atoms with E-state index in [1.807, 2.05) is 0 Å². The van der Waals surface area contributed by atoms with Crippen molar-refractivity contribution >= 4 is 17.5 Å². The summed E-state index contributed by atoms with van der Waals surface area (Å²) in [5, 5.41) is 12.9. The van der Waals surface area contributed by atoms with Gasteiger partial charge in [-0.1, -0.05) is 31.9 Å². The normalized spacial score (nSPS) is 26.4. The minimum absolute atomic E-state index is 0.0560. The Hall–Kier alpha value is -1.22. The Morgan fingerprint density at radius 2 is 2.21 bits per heavy atom. The maximum Gasteiger partial charge on any atom is 0.253 e. The first-order valence-corrected chi connectivity index (χ1v) is 7.20. The zero-order valence-electron chi connectivity index (χ0n) is 11.3. The summed E-state index contributed by atoms with van der Waals surface area (Å²) in [7, 11) is 0. The van der Waals surface area contributed by atoms with Crippen molar-refractivity contribution in [3.05, 3.63) is 28.8 Å². The second-order valence-electron chi connectivity index (χ2n) is 5.35. The smallest absolute Gasteiger partial charge is 0.253 e. The van der Waals surface area contributed by atoms with Gasteiger partial charge < -0.3 is 10.4 Å². The van der Waals surface area contributed by atoms with Crippen molar-refractivity contribution in [3.63, 3.8) is 0 Å².